The van der Waals surface area contributed by atoms with E-state index in [0.717, 1.165) is 11.8 Å². The van der Waals surface area contributed by atoms with Gasteiger partial charge in [0.2, 0.25) is 5.91 Å². The first-order valence-corrected chi connectivity index (χ1v) is 10.6. The molecule has 0 aliphatic heterocycles. The van der Waals surface area contributed by atoms with Crippen LogP contribution in [0.25, 0.3) is 16.7 Å². The molecule has 0 atom stereocenters. The maximum Gasteiger partial charge on any atom is 0.269 e. The normalized spacial score (nSPS) is 11.0. The summed E-state index contributed by atoms with van der Waals surface area (Å²) in [6, 6.07) is 11.5. The van der Waals surface area contributed by atoms with Crippen molar-refractivity contribution >= 4 is 69.2 Å². The lowest BCUT2D eigenvalue weighted by Gasteiger charge is -2.13. The van der Waals surface area contributed by atoms with Crippen molar-refractivity contribution in [2.75, 3.05) is 11.1 Å². The molecule has 2 aromatic heterocycles. The van der Waals surface area contributed by atoms with E-state index in [4.69, 9.17) is 34.8 Å². The Bertz CT molecular complexity index is 1300. The number of aromatic amines is 1. The Morgan fingerprint density at radius 1 is 1.10 bits per heavy atom. The van der Waals surface area contributed by atoms with Crippen molar-refractivity contribution in [3.8, 4) is 5.69 Å². The summed E-state index contributed by atoms with van der Waals surface area (Å²) in [5, 5.41) is 11.2. The molecule has 0 spiro atoms. The highest BCUT2D eigenvalue weighted by Gasteiger charge is 2.18. The number of H-pyrrole nitrogens is 1. The zero-order chi connectivity index (χ0) is 21.3. The molecule has 30 heavy (non-hydrogen) atoms. The molecule has 0 bridgehead atoms. The van der Waals surface area contributed by atoms with Gasteiger partial charge in [-0.15, -0.1) is 0 Å². The molecule has 0 saturated carbocycles. The maximum absolute atomic E-state index is 13.1. The van der Waals surface area contributed by atoms with Crippen LogP contribution in [0.1, 0.15) is 0 Å². The molecule has 2 heterocycles. The second-order valence-corrected chi connectivity index (χ2v) is 8.33. The summed E-state index contributed by atoms with van der Waals surface area (Å²) in [6.07, 6.45) is 1.40. The molecule has 0 saturated heterocycles. The van der Waals surface area contributed by atoms with E-state index in [0.29, 0.717) is 32.5 Å². The van der Waals surface area contributed by atoms with Gasteiger partial charge in [0, 0.05) is 15.7 Å². The molecule has 7 nitrogen and oxygen atoms in total. The number of anilines is 1. The number of benzene rings is 2. The maximum atomic E-state index is 13.1. The van der Waals surface area contributed by atoms with Crippen molar-refractivity contribution in [2.24, 2.45) is 0 Å². The van der Waals surface area contributed by atoms with E-state index >= 15 is 0 Å². The predicted octanol–water partition coefficient (Wildman–Crippen LogP) is 4.80. The summed E-state index contributed by atoms with van der Waals surface area (Å²) in [6.45, 7) is 0. The number of amides is 1. The first kappa shape index (κ1) is 20.7. The van der Waals surface area contributed by atoms with Gasteiger partial charge in [0.15, 0.2) is 10.8 Å². The topological polar surface area (TPSA) is 92.7 Å². The van der Waals surface area contributed by atoms with E-state index in [2.05, 4.69) is 20.5 Å². The van der Waals surface area contributed by atoms with Gasteiger partial charge in [-0.25, -0.2) is 4.98 Å². The highest BCUT2D eigenvalue weighted by Crippen LogP contribution is 2.28. The fourth-order valence-electron chi connectivity index (χ4n) is 2.71. The number of thioether (sulfide) groups is 1. The number of aromatic nitrogens is 4. The number of rotatable bonds is 5. The van der Waals surface area contributed by atoms with E-state index in [1.807, 2.05) is 0 Å². The van der Waals surface area contributed by atoms with Crippen LogP contribution in [0.4, 0.5) is 5.69 Å². The van der Waals surface area contributed by atoms with Crippen LogP contribution in [0.5, 0.6) is 0 Å². The lowest BCUT2D eigenvalue weighted by molar-refractivity contribution is -0.113. The molecule has 4 aromatic rings. The number of carbonyl (C=O) groups is 1. The van der Waals surface area contributed by atoms with Gasteiger partial charge < -0.3 is 5.32 Å². The Kier molecular flexibility index (Phi) is 6.01. The third kappa shape index (κ3) is 4.32. The predicted molar refractivity (Wildman–Crippen MR) is 120 cm³/mol. The average Bonchev–Trinajstić information content (AvgIpc) is 3.18. The molecule has 11 heteroatoms. The summed E-state index contributed by atoms with van der Waals surface area (Å²) in [5.41, 5.74) is 0.975. The average molecular weight is 481 g/mol. The van der Waals surface area contributed by atoms with Gasteiger partial charge in [0.25, 0.3) is 5.56 Å². The van der Waals surface area contributed by atoms with E-state index in [9.17, 15) is 9.59 Å². The number of fused-ring (bicyclic) bond motifs is 1. The Balaban J connectivity index is 1.66. The van der Waals surface area contributed by atoms with Crippen molar-refractivity contribution in [1.82, 2.24) is 19.7 Å². The Labute approximate surface area is 189 Å². The van der Waals surface area contributed by atoms with Gasteiger partial charge in [-0.2, -0.15) is 5.10 Å². The number of nitrogens with zero attached hydrogens (tertiary/aromatic N) is 3. The second-order valence-electron chi connectivity index (χ2n) is 6.11. The molecule has 2 aromatic carbocycles. The summed E-state index contributed by atoms with van der Waals surface area (Å²) >= 11 is 19.3. The van der Waals surface area contributed by atoms with E-state index < -0.39 is 0 Å². The van der Waals surface area contributed by atoms with Gasteiger partial charge in [-0.1, -0.05) is 46.6 Å². The first-order valence-electron chi connectivity index (χ1n) is 8.52. The minimum Gasteiger partial charge on any atom is -0.325 e. The highest BCUT2D eigenvalue weighted by atomic mass is 35.5. The number of nitrogens with one attached hydrogen (secondary N) is 2. The SMILES string of the molecule is O=C(CSc1nc2[nH]ncc2c(=O)n1-c1ccc(Cl)cc1Cl)Nc1ccc(Cl)cc1. The molecule has 0 aliphatic rings. The lowest BCUT2D eigenvalue weighted by Crippen LogP contribution is -2.23. The summed E-state index contributed by atoms with van der Waals surface area (Å²) in [7, 11) is 0. The molecular weight excluding hydrogens is 469 g/mol. The minimum absolute atomic E-state index is 0.0138. The van der Waals surface area contributed by atoms with Crippen molar-refractivity contribution in [3.63, 3.8) is 0 Å². The number of carbonyl (C=O) groups excluding carboxylic acids is 1. The van der Waals surface area contributed by atoms with Crippen LogP contribution in [-0.2, 0) is 4.79 Å². The third-order valence-corrected chi connectivity index (χ3v) is 5.79. The van der Waals surface area contributed by atoms with Crippen LogP contribution in [0.15, 0.2) is 58.6 Å². The minimum atomic E-state index is -0.362. The number of halogens is 3. The third-order valence-electron chi connectivity index (χ3n) is 4.06. The van der Waals surface area contributed by atoms with Gasteiger partial charge in [-0.05, 0) is 42.5 Å². The summed E-state index contributed by atoms with van der Waals surface area (Å²) < 4.78 is 1.34. The van der Waals surface area contributed by atoms with Crippen LogP contribution in [-0.4, -0.2) is 31.4 Å². The van der Waals surface area contributed by atoms with Crippen LogP contribution in [0, 0.1) is 0 Å². The Hall–Kier alpha value is -2.52. The number of hydrogen-bond acceptors (Lipinski definition) is 5. The van der Waals surface area contributed by atoms with Crippen molar-refractivity contribution < 1.29 is 4.79 Å². The van der Waals surface area contributed by atoms with Crippen LogP contribution >= 0.6 is 46.6 Å². The highest BCUT2D eigenvalue weighted by molar-refractivity contribution is 7.99. The van der Waals surface area contributed by atoms with E-state index in [1.54, 1.807) is 36.4 Å². The molecule has 152 valence electrons. The molecule has 1 amide bonds. The molecule has 4 rings (SSSR count). The van der Waals surface area contributed by atoms with Crippen LogP contribution in [0.2, 0.25) is 15.1 Å². The Morgan fingerprint density at radius 2 is 1.83 bits per heavy atom. The van der Waals surface area contributed by atoms with Gasteiger partial charge in [0.1, 0.15) is 5.39 Å². The molecule has 0 aliphatic carbocycles. The van der Waals surface area contributed by atoms with E-state index in [1.165, 1.54) is 16.8 Å². The van der Waals surface area contributed by atoms with Crippen molar-refractivity contribution in [1.29, 1.82) is 0 Å². The van der Waals surface area contributed by atoms with Gasteiger partial charge in [0.05, 0.1) is 22.7 Å². The largest absolute Gasteiger partial charge is 0.325 e. The van der Waals surface area contributed by atoms with Gasteiger partial charge in [-0.3, -0.25) is 19.3 Å². The van der Waals surface area contributed by atoms with Crippen LogP contribution < -0.4 is 10.9 Å². The summed E-state index contributed by atoms with van der Waals surface area (Å²) in [5.74, 6) is -0.255. The molecular formula is C19H12Cl3N5O2S. The summed E-state index contributed by atoms with van der Waals surface area (Å²) in [4.78, 5) is 29.9. The van der Waals surface area contributed by atoms with Gasteiger partial charge >= 0.3 is 0 Å². The molecule has 0 radical (unpaired) electrons. The smallest absolute Gasteiger partial charge is 0.269 e. The fraction of sp³-hybridized carbons (Fsp3) is 0.0526. The molecule has 2 N–H and O–H groups in total. The zero-order valence-corrected chi connectivity index (χ0v) is 18.1. The lowest BCUT2D eigenvalue weighted by atomic mass is 10.3. The molecule has 0 unspecified atom stereocenters. The zero-order valence-electron chi connectivity index (χ0n) is 15.0. The van der Waals surface area contributed by atoms with Crippen molar-refractivity contribution in [2.45, 2.75) is 5.16 Å². The monoisotopic (exact) mass is 479 g/mol. The fourth-order valence-corrected chi connectivity index (χ4v) is 4.12. The first-order chi connectivity index (χ1) is 14.4. The van der Waals surface area contributed by atoms with Crippen molar-refractivity contribution in [3.05, 3.63) is 74.1 Å². The second kappa shape index (κ2) is 8.69. The standard InChI is InChI=1S/C19H12Cl3N5O2S/c20-10-1-4-12(5-2-10)24-16(28)9-30-19-25-17-13(8-23-26-17)18(29)27(19)15-6-3-11(21)7-14(15)22/h1-8H,9H2,(H,23,26)(H,24,28). The van der Waals surface area contributed by atoms with E-state index in [-0.39, 0.29) is 27.4 Å². The number of hydrogen-bond donors (Lipinski definition) is 2. The molecule has 0 fully saturated rings. The quantitative estimate of drug-likeness (QED) is 0.316. The Morgan fingerprint density at radius 3 is 2.57 bits per heavy atom. The van der Waals surface area contributed by atoms with Crippen LogP contribution in [0.3, 0.4) is 0 Å².